The highest BCUT2D eigenvalue weighted by Crippen LogP contribution is 2.29. The number of anilines is 1. The van der Waals surface area contributed by atoms with Gasteiger partial charge in [0.1, 0.15) is 5.75 Å². The molecule has 0 spiro atoms. The van der Waals surface area contributed by atoms with Gasteiger partial charge >= 0.3 is 5.97 Å². The van der Waals surface area contributed by atoms with Crippen LogP contribution < -0.4 is 19.5 Å². The summed E-state index contributed by atoms with van der Waals surface area (Å²) in [4.78, 5) is 37.5. The number of ether oxygens (including phenoxy) is 4. The standard InChI is InChI=1S/C27H30N2O7/c1-6-29-17(2)13-20(18(29)3)22(30)15-36-27(32)19-11-12-24(25(14-19)34-5)35-16-26(31)28-21-9-7-8-10-23(21)33-4/h7-14H,6,15-16H2,1-5H3,(H,28,31). The Hall–Kier alpha value is -4.27. The van der Waals surface area contributed by atoms with Gasteiger partial charge in [0.05, 0.1) is 25.5 Å². The van der Waals surface area contributed by atoms with Crippen molar-refractivity contribution in [2.75, 3.05) is 32.8 Å². The molecule has 190 valence electrons. The lowest BCUT2D eigenvalue weighted by atomic mass is 10.1. The minimum absolute atomic E-state index is 0.185. The number of ketones is 1. The lowest BCUT2D eigenvalue weighted by Crippen LogP contribution is -2.20. The molecule has 0 aliphatic rings. The predicted octanol–water partition coefficient (Wildman–Crippen LogP) is 4.20. The Balaban J connectivity index is 1.60. The van der Waals surface area contributed by atoms with Crippen LogP contribution >= 0.6 is 0 Å². The van der Waals surface area contributed by atoms with E-state index >= 15 is 0 Å². The number of benzene rings is 2. The van der Waals surface area contributed by atoms with Crippen LogP contribution in [0.4, 0.5) is 5.69 Å². The molecule has 3 aromatic rings. The second-order valence-electron chi connectivity index (χ2n) is 7.93. The van der Waals surface area contributed by atoms with E-state index in [1.807, 2.05) is 25.3 Å². The van der Waals surface area contributed by atoms with Gasteiger partial charge in [0.25, 0.3) is 5.91 Å². The molecule has 0 aliphatic carbocycles. The first-order valence-corrected chi connectivity index (χ1v) is 11.4. The van der Waals surface area contributed by atoms with Gasteiger partial charge in [-0.25, -0.2) is 4.79 Å². The Morgan fingerprint density at radius 3 is 2.28 bits per heavy atom. The summed E-state index contributed by atoms with van der Waals surface area (Å²) in [6.45, 7) is 5.88. The van der Waals surface area contributed by atoms with Gasteiger partial charge in [-0.2, -0.15) is 0 Å². The lowest BCUT2D eigenvalue weighted by molar-refractivity contribution is -0.118. The minimum Gasteiger partial charge on any atom is -0.495 e. The number of Topliss-reactive ketones (excluding diaryl/α,β-unsaturated/α-hetero) is 1. The number of para-hydroxylation sites is 2. The van der Waals surface area contributed by atoms with Crippen LogP contribution in [0.15, 0.2) is 48.5 Å². The number of nitrogens with one attached hydrogen (secondary N) is 1. The molecule has 9 heteroatoms. The topological polar surface area (TPSA) is 105 Å². The number of hydrogen-bond acceptors (Lipinski definition) is 7. The highest BCUT2D eigenvalue weighted by Gasteiger charge is 2.19. The lowest BCUT2D eigenvalue weighted by Gasteiger charge is -2.13. The van der Waals surface area contributed by atoms with E-state index in [-0.39, 0.29) is 36.1 Å². The van der Waals surface area contributed by atoms with Crippen LogP contribution in [-0.2, 0) is 16.1 Å². The minimum atomic E-state index is -0.675. The van der Waals surface area contributed by atoms with E-state index in [0.717, 1.165) is 17.9 Å². The average Bonchev–Trinajstić information content (AvgIpc) is 3.18. The van der Waals surface area contributed by atoms with Crippen molar-refractivity contribution in [3.63, 3.8) is 0 Å². The van der Waals surface area contributed by atoms with Crippen LogP contribution in [0.5, 0.6) is 17.2 Å². The molecular weight excluding hydrogens is 464 g/mol. The SMILES string of the molecule is CCn1c(C)cc(C(=O)COC(=O)c2ccc(OCC(=O)Nc3ccccc3OC)c(OC)c2)c1C. The van der Waals surface area contributed by atoms with Crippen LogP contribution in [0.1, 0.15) is 39.0 Å². The fourth-order valence-corrected chi connectivity index (χ4v) is 3.85. The number of methoxy groups -OCH3 is 2. The fraction of sp³-hybridized carbons (Fsp3) is 0.296. The molecule has 1 heterocycles. The van der Waals surface area contributed by atoms with Gasteiger partial charge in [0.15, 0.2) is 24.7 Å². The molecule has 9 nitrogen and oxygen atoms in total. The van der Waals surface area contributed by atoms with Crippen LogP contribution in [-0.4, -0.2) is 49.7 Å². The van der Waals surface area contributed by atoms with Crippen molar-refractivity contribution in [2.45, 2.75) is 27.3 Å². The Bertz CT molecular complexity index is 1260. The normalized spacial score (nSPS) is 10.5. The molecule has 0 atom stereocenters. The largest absolute Gasteiger partial charge is 0.495 e. The number of amides is 1. The zero-order chi connectivity index (χ0) is 26.2. The molecule has 0 fully saturated rings. The van der Waals surface area contributed by atoms with E-state index in [9.17, 15) is 14.4 Å². The van der Waals surface area contributed by atoms with E-state index in [0.29, 0.717) is 17.0 Å². The summed E-state index contributed by atoms with van der Waals surface area (Å²) < 4.78 is 23.4. The Kier molecular flexibility index (Phi) is 8.72. The zero-order valence-electron chi connectivity index (χ0n) is 21.0. The number of rotatable bonds is 11. The van der Waals surface area contributed by atoms with Crippen molar-refractivity contribution < 1.29 is 33.3 Å². The van der Waals surface area contributed by atoms with Gasteiger partial charge < -0.3 is 28.8 Å². The monoisotopic (exact) mass is 494 g/mol. The molecular formula is C27H30N2O7. The summed E-state index contributed by atoms with van der Waals surface area (Å²) in [5, 5.41) is 2.71. The molecule has 0 saturated carbocycles. The quantitative estimate of drug-likeness (QED) is 0.315. The maximum atomic E-state index is 12.6. The molecule has 2 aromatic carbocycles. The molecule has 0 radical (unpaired) electrons. The number of carbonyl (C=O) groups is 3. The Morgan fingerprint density at radius 1 is 0.889 bits per heavy atom. The first-order valence-electron chi connectivity index (χ1n) is 11.4. The number of hydrogen-bond donors (Lipinski definition) is 1. The number of nitrogens with zero attached hydrogens (tertiary/aromatic N) is 1. The van der Waals surface area contributed by atoms with Gasteiger partial charge in [-0.05, 0) is 57.2 Å². The fourth-order valence-electron chi connectivity index (χ4n) is 3.85. The van der Waals surface area contributed by atoms with Crippen LogP contribution in [0.25, 0.3) is 0 Å². The van der Waals surface area contributed by atoms with Crippen LogP contribution in [0.3, 0.4) is 0 Å². The third kappa shape index (κ3) is 6.04. The van der Waals surface area contributed by atoms with Crippen molar-refractivity contribution in [3.8, 4) is 17.2 Å². The summed E-state index contributed by atoms with van der Waals surface area (Å²) in [6.07, 6.45) is 0. The summed E-state index contributed by atoms with van der Waals surface area (Å²) in [7, 11) is 2.93. The molecule has 3 rings (SSSR count). The van der Waals surface area contributed by atoms with E-state index in [1.165, 1.54) is 32.4 Å². The molecule has 1 N–H and O–H groups in total. The molecule has 0 aliphatic heterocycles. The second-order valence-corrected chi connectivity index (χ2v) is 7.93. The number of aromatic nitrogens is 1. The molecule has 0 bridgehead atoms. The maximum Gasteiger partial charge on any atom is 0.338 e. The van der Waals surface area contributed by atoms with E-state index in [1.54, 1.807) is 30.3 Å². The summed E-state index contributed by atoms with van der Waals surface area (Å²) in [6, 6.07) is 13.2. The summed E-state index contributed by atoms with van der Waals surface area (Å²) in [5.74, 6) is -0.306. The maximum absolute atomic E-state index is 12.6. The first-order chi connectivity index (χ1) is 17.3. The number of aryl methyl sites for hydroxylation is 1. The van der Waals surface area contributed by atoms with Crippen molar-refractivity contribution in [3.05, 3.63) is 71.0 Å². The molecule has 36 heavy (non-hydrogen) atoms. The molecule has 1 aromatic heterocycles. The zero-order valence-corrected chi connectivity index (χ0v) is 21.0. The third-order valence-electron chi connectivity index (χ3n) is 5.66. The molecule has 1 amide bonds. The third-order valence-corrected chi connectivity index (χ3v) is 5.66. The Labute approximate surface area is 209 Å². The van der Waals surface area contributed by atoms with Gasteiger partial charge in [-0.3, -0.25) is 9.59 Å². The van der Waals surface area contributed by atoms with Crippen molar-refractivity contribution in [1.29, 1.82) is 0 Å². The smallest absolute Gasteiger partial charge is 0.338 e. The predicted molar refractivity (Wildman–Crippen MR) is 134 cm³/mol. The van der Waals surface area contributed by atoms with Crippen molar-refractivity contribution >= 4 is 23.3 Å². The Morgan fingerprint density at radius 2 is 1.61 bits per heavy atom. The summed E-state index contributed by atoms with van der Waals surface area (Å²) in [5.41, 5.74) is 3.06. The van der Waals surface area contributed by atoms with Gasteiger partial charge in [0, 0.05) is 23.5 Å². The highest BCUT2D eigenvalue weighted by molar-refractivity contribution is 6.00. The van der Waals surface area contributed by atoms with Gasteiger partial charge in [0.2, 0.25) is 5.78 Å². The summed E-state index contributed by atoms with van der Waals surface area (Å²) >= 11 is 0. The molecule has 0 saturated heterocycles. The van der Waals surface area contributed by atoms with Crippen LogP contribution in [0.2, 0.25) is 0 Å². The first kappa shape index (κ1) is 26.3. The number of esters is 1. The van der Waals surface area contributed by atoms with Crippen molar-refractivity contribution in [2.24, 2.45) is 0 Å². The molecule has 0 unspecified atom stereocenters. The average molecular weight is 495 g/mol. The van der Waals surface area contributed by atoms with Gasteiger partial charge in [-0.15, -0.1) is 0 Å². The van der Waals surface area contributed by atoms with E-state index in [2.05, 4.69) is 5.32 Å². The van der Waals surface area contributed by atoms with Crippen LogP contribution in [0, 0.1) is 13.8 Å². The van der Waals surface area contributed by atoms with E-state index in [4.69, 9.17) is 18.9 Å². The van der Waals surface area contributed by atoms with E-state index < -0.39 is 11.9 Å². The number of carbonyl (C=O) groups excluding carboxylic acids is 3. The van der Waals surface area contributed by atoms with Crippen molar-refractivity contribution in [1.82, 2.24) is 4.57 Å². The second kappa shape index (κ2) is 11.9. The van der Waals surface area contributed by atoms with Gasteiger partial charge in [-0.1, -0.05) is 12.1 Å². The highest BCUT2D eigenvalue weighted by atomic mass is 16.5.